The van der Waals surface area contributed by atoms with E-state index in [0.29, 0.717) is 13.0 Å². The minimum atomic E-state index is -0.489. The van der Waals surface area contributed by atoms with Gasteiger partial charge in [0.2, 0.25) is 5.91 Å². The first-order chi connectivity index (χ1) is 13.7. The van der Waals surface area contributed by atoms with E-state index in [2.05, 4.69) is 39.6 Å². The van der Waals surface area contributed by atoms with Gasteiger partial charge in [-0.25, -0.2) is 0 Å². The van der Waals surface area contributed by atoms with Crippen LogP contribution in [0.15, 0.2) is 71.3 Å². The van der Waals surface area contributed by atoms with Crippen molar-refractivity contribution in [2.45, 2.75) is 19.4 Å². The fourth-order valence-electron chi connectivity index (χ4n) is 4.08. The van der Waals surface area contributed by atoms with E-state index < -0.39 is 5.41 Å². The Kier molecular flexibility index (Phi) is 5.26. The smallest absolute Gasteiger partial charge is 0.227 e. The third kappa shape index (κ3) is 3.85. The van der Waals surface area contributed by atoms with Crippen LogP contribution in [0.3, 0.4) is 0 Å². The van der Waals surface area contributed by atoms with Crippen LogP contribution in [0.1, 0.15) is 17.7 Å². The Bertz CT molecular complexity index is 923. The van der Waals surface area contributed by atoms with E-state index in [1.165, 1.54) is 5.56 Å². The molecule has 0 bridgehead atoms. The lowest BCUT2D eigenvalue weighted by atomic mass is 9.81. The van der Waals surface area contributed by atoms with E-state index in [1.54, 1.807) is 7.05 Å². The van der Waals surface area contributed by atoms with Crippen LogP contribution in [0.25, 0.3) is 11.3 Å². The van der Waals surface area contributed by atoms with E-state index in [1.807, 2.05) is 42.5 Å². The monoisotopic (exact) mass is 375 g/mol. The number of carbonyl (C=O) groups excluding carboxylic acids is 1. The third-order valence-electron chi connectivity index (χ3n) is 5.53. The summed E-state index contributed by atoms with van der Waals surface area (Å²) in [6.45, 7) is 2.45. The summed E-state index contributed by atoms with van der Waals surface area (Å²) in [6, 6.07) is 22.3. The van der Waals surface area contributed by atoms with Gasteiger partial charge in [-0.1, -0.05) is 65.8 Å². The van der Waals surface area contributed by atoms with Crippen molar-refractivity contribution < 1.29 is 9.32 Å². The molecule has 1 N–H and O–H groups in total. The van der Waals surface area contributed by atoms with Gasteiger partial charge in [-0.3, -0.25) is 9.69 Å². The van der Waals surface area contributed by atoms with Gasteiger partial charge in [0, 0.05) is 38.2 Å². The Labute approximate surface area is 165 Å². The molecule has 1 aliphatic rings. The van der Waals surface area contributed by atoms with Crippen LogP contribution in [0.5, 0.6) is 0 Å². The molecule has 5 nitrogen and oxygen atoms in total. The number of rotatable bonds is 6. The first kappa shape index (κ1) is 18.4. The molecule has 0 unspecified atom stereocenters. The summed E-state index contributed by atoms with van der Waals surface area (Å²) in [4.78, 5) is 15.2. The lowest BCUT2D eigenvalue weighted by Crippen LogP contribution is -2.43. The van der Waals surface area contributed by atoms with Crippen LogP contribution in [0.4, 0.5) is 0 Å². The van der Waals surface area contributed by atoms with Gasteiger partial charge in [0.15, 0.2) is 0 Å². The van der Waals surface area contributed by atoms with Crippen LogP contribution in [0.2, 0.25) is 0 Å². The number of nitrogens with zero attached hydrogens (tertiary/aromatic N) is 2. The molecule has 1 aromatic heterocycles. The number of benzene rings is 2. The Morgan fingerprint density at radius 1 is 1.14 bits per heavy atom. The van der Waals surface area contributed by atoms with Gasteiger partial charge >= 0.3 is 0 Å². The largest absolute Gasteiger partial charge is 0.361 e. The van der Waals surface area contributed by atoms with Crippen molar-refractivity contribution in [3.05, 3.63) is 78.1 Å². The predicted octanol–water partition coefficient (Wildman–Crippen LogP) is 3.52. The molecule has 0 spiro atoms. The van der Waals surface area contributed by atoms with Crippen LogP contribution in [0, 0.1) is 5.41 Å². The van der Waals surface area contributed by atoms with Gasteiger partial charge in [0.25, 0.3) is 0 Å². The summed E-state index contributed by atoms with van der Waals surface area (Å²) < 4.78 is 5.61. The zero-order chi connectivity index (χ0) is 19.4. The van der Waals surface area contributed by atoms with Gasteiger partial charge in [0.1, 0.15) is 11.5 Å². The maximum Gasteiger partial charge on any atom is 0.227 e. The Balaban J connectivity index is 1.51. The second kappa shape index (κ2) is 7.98. The zero-order valence-electron chi connectivity index (χ0n) is 16.1. The van der Waals surface area contributed by atoms with Gasteiger partial charge in [-0.05, 0) is 18.5 Å². The van der Waals surface area contributed by atoms with E-state index in [4.69, 9.17) is 4.52 Å². The number of hydrogen-bond donors (Lipinski definition) is 1. The number of carbonyl (C=O) groups is 1. The number of aromatic nitrogens is 1. The Morgan fingerprint density at radius 2 is 1.86 bits per heavy atom. The number of nitrogens with one attached hydrogen (secondary N) is 1. The van der Waals surface area contributed by atoms with Crippen molar-refractivity contribution in [2.75, 3.05) is 20.1 Å². The maximum absolute atomic E-state index is 12.8. The molecule has 0 aliphatic carbocycles. The number of hydrogen-bond acceptors (Lipinski definition) is 4. The summed E-state index contributed by atoms with van der Waals surface area (Å²) in [6.07, 6.45) is 1.36. The Hall–Kier alpha value is -2.92. The van der Waals surface area contributed by atoms with Crippen molar-refractivity contribution >= 4 is 5.91 Å². The topological polar surface area (TPSA) is 58.4 Å². The molecule has 0 saturated carbocycles. The molecular formula is C23H25N3O2. The van der Waals surface area contributed by atoms with Crippen molar-refractivity contribution in [3.8, 4) is 11.3 Å². The molecule has 0 radical (unpaired) electrons. The molecule has 2 aromatic carbocycles. The standard InChI is InChI=1S/C23H25N3O2/c1-24-22(27)23(12-13-26(17-23)16-18-8-4-2-5-9-18)15-20-14-21(25-28-20)19-10-6-3-7-11-19/h2-11,14H,12-13,15-17H2,1H3,(H,24,27)/t23-/m0/s1. The summed E-state index contributed by atoms with van der Waals surface area (Å²) in [7, 11) is 1.71. The van der Waals surface area contributed by atoms with Gasteiger partial charge in [-0.2, -0.15) is 0 Å². The maximum atomic E-state index is 12.8. The van der Waals surface area contributed by atoms with Crippen LogP contribution >= 0.6 is 0 Å². The van der Waals surface area contributed by atoms with Gasteiger partial charge in [-0.15, -0.1) is 0 Å². The average Bonchev–Trinajstić information content (AvgIpc) is 3.37. The molecule has 1 atom stereocenters. The molecule has 1 aliphatic heterocycles. The fraction of sp³-hybridized carbons (Fsp3) is 0.304. The number of amides is 1. The fourth-order valence-corrected chi connectivity index (χ4v) is 4.08. The second-order valence-corrected chi connectivity index (χ2v) is 7.53. The highest BCUT2D eigenvalue weighted by atomic mass is 16.5. The SMILES string of the molecule is CNC(=O)[C@]1(Cc2cc(-c3ccccc3)no2)CCN(Cc2ccccc2)C1. The van der Waals surface area contributed by atoms with Crippen molar-refractivity contribution in [1.29, 1.82) is 0 Å². The first-order valence-electron chi connectivity index (χ1n) is 9.68. The highest BCUT2D eigenvalue weighted by molar-refractivity contribution is 5.83. The summed E-state index contributed by atoms with van der Waals surface area (Å²) in [5.41, 5.74) is 2.60. The van der Waals surface area contributed by atoms with E-state index in [9.17, 15) is 4.79 Å². The normalized spacial score (nSPS) is 19.6. The Morgan fingerprint density at radius 3 is 2.57 bits per heavy atom. The van der Waals surface area contributed by atoms with Crippen molar-refractivity contribution in [1.82, 2.24) is 15.4 Å². The quantitative estimate of drug-likeness (QED) is 0.716. The molecule has 5 heteroatoms. The zero-order valence-corrected chi connectivity index (χ0v) is 16.1. The molecule has 3 aromatic rings. The highest BCUT2D eigenvalue weighted by Crippen LogP contribution is 2.36. The lowest BCUT2D eigenvalue weighted by molar-refractivity contribution is -0.130. The molecule has 1 fully saturated rings. The van der Waals surface area contributed by atoms with Crippen LogP contribution in [-0.4, -0.2) is 36.1 Å². The van der Waals surface area contributed by atoms with Gasteiger partial charge in [0.05, 0.1) is 5.41 Å². The third-order valence-corrected chi connectivity index (χ3v) is 5.53. The van der Waals surface area contributed by atoms with Crippen LogP contribution in [-0.2, 0) is 17.8 Å². The highest BCUT2D eigenvalue weighted by Gasteiger charge is 2.45. The lowest BCUT2D eigenvalue weighted by Gasteiger charge is -2.26. The van der Waals surface area contributed by atoms with Crippen LogP contribution < -0.4 is 5.32 Å². The second-order valence-electron chi connectivity index (χ2n) is 7.53. The summed E-state index contributed by atoms with van der Waals surface area (Å²) in [5.74, 6) is 0.824. The molecule has 1 saturated heterocycles. The van der Waals surface area contributed by atoms with E-state index in [-0.39, 0.29) is 5.91 Å². The number of likely N-dealkylation sites (tertiary alicyclic amines) is 1. The van der Waals surface area contributed by atoms with Crippen molar-refractivity contribution in [2.24, 2.45) is 5.41 Å². The molecule has 2 heterocycles. The summed E-state index contributed by atoms with van der Waals surface area (Å²) >= 11 is 0. The predicted molar refractivity (Wildman–Crippen MR) is 108 cm³/mol. The summed E-state index contributed by atoms with van der Waals surface area (Å²) in [5, 5.41) is 7.07. The molecule has 1 amide bonds. The molecule has 28 heavy (non-hydrogen) atoms. The van der Waals surface area contributed by atoms with Gasteiger partial charge < -0.3 is 9.84 Å². The average molecular weight is 375 g/mol. The molecule has 4 rings (SSSR count). The minimum absolute atomic E-state index is 0.0701. The molecular weight excluding hydrogens is 350 g/mol. The molecule has 144 valence electrons. The van der Waals surface area contributed by atoms with E-state index >= 15 is 0 Å². The van der Waals surface area contributed by atoms with Crippen molar-refractivity contribution in [3.63, 3.8) is 0 Å². The van der Waals surface area contributed by atoms with E-state index in [0.717, 1.165) is 36.5 Å². The minimum Gasteiger partial charge on any atom is -0.361 e. The first-order valence-corrected chi connectivity index (χ1v) is 9.68.